The molecular formula is C27H28N4O4. The van der Waals surface area contributed by atoms with E-state index in [1.165, 1.54) is 16.4 Å². The lowest BCUT2D eigenvalue weighted by molar-refractivity contribution is -0.118. The van der Waals surface area contributed by atoms with E-state index in [9.17, 15) is 9.59 Å². The molecule has 0 saturated carbocycles. The average Bonchev–Trinajstić information content (AvgIpc) is 3.27. The molecule has 1 amide bonds. The average molecular weight is 473 g/mol. The Morgan fingerprint density at radius 2 is 1.83 bits per heavy atom. The summed E-state index contributed by atoms with van der Waals surface area (Å²) in [4.78, 5) is 30.0. The van der Waals surface area contributed by atoms with Gasteiger partial charge in [-0.3, -0.25) is 4.79 Å². The molecule has 2 aromatic carbocycles. The molecule has 0 aliphatic carbocycles. The summed E-state index contributed by atoms with van der Waals surface area (Å²) in [5.41, 5.74) is 3.12. The van der Waals surface area contributed by atoms with Crippen LogP contribution in [0.1, 0.15) is 41.8 Å². The van der Waals surface area contributed by atoms with Gasteiger partial charge >= 0.3 is 5.97 Å². The second kappa shape index (κ2) is 10.8. The van der Waals surface area contributed by atoms with Crippen molar-refractivity contribution in [1.29, 1.82) is 0 Å². The van der Waals surface area contributed by atoms with E-state index in [0.717, 1.165) is 29.3 Å². The molecular weight excluding hydrogens is 444 g/mol. The molecule has 2 heterocycles. The van der Waals surface area contributed by atoms with E-state index in [0.29, 0.717) is 11.6 Å². The third kappa shape index (κ3) is 5.48. The van der Waals surface area contributed by atoms with Gasteiger partial charge in [-0.2, -0.15) is 9.78 Å². The molecule has 0 atom stereocenters. The first kappa shape index (κ1) is 23.9. The Bertz CT molecular complexity index is 1350. The number of carbonyl (C=O) groups is 2. The molecule has 0 bridgehead atoms. The van der Waals surface area contributed by atoms with Gasteiger partial charge in [0.2, 0.25) is 0 Å². The first-order chi connectivity index (χ1) is 17.0. The van der Waals surface area contributed by atoms with Crippen molar-refractivity contribution in [1.82, 2.24) is 14.8 Å². The zero-order valence-corrected chi connectivity index (χ0v) is 20.1. The third-order valence-corrected chi connectivity index (χ3v) is 5.48. The number of benzene rings is 2. The van der Waals surface area contributed by atoms with E-state index < -0.39 is 11.9 Å². The first-order valence-corrected chi connectivity index (χ1v) is 11.6. The van der Waals surface area contributed by atoms with Gasteiger partial charge < -0.3 is 14.8 Å². The summed E-state index contributed by atoms with van der Waals surface area (Å²) in [6.07, 6.45) is 3.42. The van der Waals surface area contributed by atoms with Gasteiger partial charge in [-0.05, 0) is 55.7 Å². The molecule has 8 nitrogen and oxygen atoms in total. The summed E-state index contributed by atoms with van der Waals surface area (Å²) in [6, 6.07) is 17.3. The fraction of sp³-hybridized carbons (Fsp3) is 0.259. The van der Waals surface area contributed by atoms with Crippen LogP contribution in [-0.2, 0) is 16.0 Å². The molecule has 180 valence electrons. The van der Waals surface area contributed by atoms with E-state index in [-0.39, 0.29) is 24.6 Å². The second-order valence-electron chi connectivity index (χ2n) is 8.08. The van der Waals surface area contributed by atoms with Gasteiger partial charge in [0.25, 0.3) is 5.91 Å². The van der Waals surface area contributed by atoms with Gasteiger partial charge in [0, 0.05) is 5.39 Å². The molecule has 0 aliphatic rings. The van der Waals surface area contributed by atoms with Gasteiger partial charge in [0.1, 0.15) is 11.3 Å². The highest BCUT2D eigenvalue weighted by atomic mass is 16.5. The molecule has 35 heavy (non-hydrogen) atoms. The van der Waals surface area contributed by atoms with Crippen LogP contribution in [0.3, 0.4) is 0 Å². The van der Waals surface area contributed by atoms with Crippen molar-refractivity contribution in [3.8, 4) is 11.6 Å². The number of para-hydroxylation sites is 1. The minimum absolute atomic E-state index is 0.136. The Hall–Kier alpha value is -4.20. The maximum absolute atomic E-state index is 12.8. The Morgan fingerprint density at radius 1 is 1.06 bits per heavy atom. The monoisotopic (exact) mass is 472 g/mol. The number of fused-ring (bicyclic) bond motifs is 1. The molecule has 0 spiro atoms. The van der Waals surface area contributed by atoms with Crippen LogP contribution in [0, 0.1) is 6.92 Å². The topological polar surface area (TPSA) is 95.3 Å². The first-order valence-electron chi connectivity index (χ1n) is 11.6. The molecule has 1 N–H and O–H groups in total. The van der Waals surface area contributed by atoms with Gasteiger partial charge in [-0.25, -0.2) is 9.78 Å². The van der Waals surface area contributed by atoms with E-state index in [2.05, 4.69) is 22.3 Å². The van der Waals surface area contributed by atoms with E-state index >= 15 is 0 Å². The number of aryl methyl sites for hydroxylation is 2. The number of carbonyl (C=O) groups excluding carboxylic acids is 2. The quantitative estimate of drug-likeness (QED) is 0.349. The smallest absolute Gasteiger partial charge is 0.343 e. The zero-order valence-electron chi connectivity index (χ0n) is 20.1. The molecule has 0 fully saturated rings. The van der Waals surface area contributed by atoms with Gasteiger partial charge in [0.05, 0.1) is 18.3 Å². The molecule has 2 aromatic heterocycles. The van der Waals surface area contributed by atoms with Gasteiger partial charge in [0.15, 0.2) is 18.2 Å². The van der Waals surface area contributed by atoms with Crippen molar-refractivity contribution in [3.63, 3.8) is 0 Å². The number of anilines is 1. The van der Waals surface area contributed by atoms with Crippen LogP contribution >= 0.6 is 0 Å². The van der Waals surface area contributed by atoms with Crippen LogP contribution in [0.5, 0.6) is 5.75 Å². The predicted molar refractivity (Wildman–Crippen MR) is 134 cm³/mol. The van der Waals surface area contributed by atoms with Crippen molar-refractivity contribution in [2.24, 2.45) is 0 Å². The molecule has 4 aromatic rings. The lowest BCUT2D eigenvalue weighted by Gasteiger charge is -2.13. The molecule has 0 saturated heterocycles. The molecule has 0 aliphatic heterocycles. The number of aromatic nitrogens is 3. The largest absolute Gasteiger partial charge is 0.484 e. The van der Waals surface area contributed by atoms with Crippen molar-refractivity contribution < 1.29 is 19.1 Å². The minimum Gasteiger partial charge on any atom is -0.484 e. The number of esters is 1. The Morgan fingerprint density at radius 3 is 2.57 bits per heavy atom. The minimum atomic E-state index is -0.584. The number of nitrogens with one attached hydrogen (secondary N) is 1. The summed E-state index contributed by atoms with van der Waals surface area (Å²) in [7, 11) is 0. The lowest BCUT2D eigenvalue weighted by Crippen LogP contribution is -2.23. The summed E-state index contributed by atoms with van der Waals surface area (Å²) in [6.45, 7) is 5.78. The zero-order chi connectivity index (χ0) is 24.8. The highest BCUT2D eigenvalue weighted by molar-refractivity contribution is 6.01. The normalized spacial score (nSPS) is 10.8. The van der Waals surface area contributed by atoms with Crippen LogP contribution < -0.4 is 10.1 Å². The van der Waals surface area contributed by atoms with Crippen molar-refractivity contribution >= 4 is 28.6 Å². The van der Waals surface area contributed by atoms with Crippen LogP contribution in [-0.4, -0.2) is 39.9 Å². The Labute approximate surface area is 203 Å². The number of ether oxygens (including phenoxy) is 2. The van der Waals surface area contributed by atoms with Crippen LogP contribution in [0.15, 0.2) is 60.8 Å². The van der Waals surface area contributed by atoms with Gasteiger partial charge in [-0.1, -0.05) is 43.7 Å². The Kier molecular flexibility index (Phi) is 7.40. The van der Waals surface area contributed by atoms with Gasteiger partial charge in [-0.15, -0.1) is 0 Å². The van der Waals surface area contributed by atoms with Crippen LogP contribution in [0.2, 0.25) is 0 Å². The highest BCUT2D eigenvalue weighted by Crippen LogP contribution is 2.24. The van der Waals surface area contributed by atoms with E-state index in [4.69, 9.17) is 9.47 Å². The number of pyridine rings is 1. The van der Waals surface area contributed by atoms with Crippen LogP contribution in [0.4, 0.5) is 5.82 Å². The third-order valence-electron chi connectivity index (χ3n) is 5.48. The molecule has 4 rings (SSSR count). The lowest BCUT2D eigenvalue weighted by atomic mass is 10.1. The van der Waals surface area contributed by atoms with Crippen molar-refractivity contribution in [2.45, 2.75) is 33.6 Å². The number of hydrogen-bond acceptors (Lipinski definition) is 6. The fourth-order valence-corrected chi connectivity index (χ4v) is 3.80. The van der Waals surface area contributed by atoms with E-state index in [1.54, 1.807) is 6.92 Å². The Balaban J connectivity index is 1.59. The summed E-state index contributed by atoms with van der Waals surface area (Å²) in [5, 5.41) is 8.11. The van der Waals surface area contributed by atoms with Crippen molar-refractivity contribution in [3.05, 3.63) is 77.5 Å². The van der Waals surface area contributed by atoms with Crippen molar-refractivity contribution in [2.75, 3.05) is 18.5 Å². The molecule has 8 heteroatoms. The van der Waals surface area contributed by atoms with E-state index in [1.807, 2.05) is 61.5 Å². The predicted octanol–water partition coefficient (Wildman–Crippen LogP) is 4.88. The summed E-state index contributed by atoms with van der Waals surface area (Å²) >= 11 is 0. The number of hydrogen-bond donors (Lipinski definition) is 1. The number of nitrogens with zero attached hydrogens (tertiary/aromatic N) is 3. The summed E-state index contributed by atoms with van der Waals surface area (Å²) < 4.78 is 12.2. The maximum Gasteiger partial charge on any atom is 0.343 e. The SMILES string of the molecule is CCCc1ccc(OCC(=O)Nc2c(C(=O)OCC)cnn2-c2cc(C)c3ccccc3n2)cc1. The second-order valence-corrected chi connectivity index (χ2v) is 8.08. The molecule has 0 unspecified atom stereocenters. The summed E-state index contributed by atoms with van der Waals surface area (Å²) in [5.74, 6) is 0.217. The highest BCUT2D eigenvalue weighted by Gasteiger charge is 2.22. The standard InChI is InChI=1S/C27H28N4O4/c1-4-8-19-11-13-20(14-12-19)35-17-25(32)30-26-22(27(33)34-5-2)16-28-31(26)24-15-18(3)21-9-6-7-10-23(21)29-24/h6-7,9-16H,4-5,8,17H2,1-3H3,(H,30,32). The number of rotatable bonds is 9. The number of amides is 1. The maximum atomic E-state index is 12.8. The van der Waals surface area contributed by atoms with Crippen LogP contribution in [0.25, 0.3) is 16.7 Å². The fourth-order valence-electron chi connectivity index (χ4n) is 3.80. The molecule has 0 radical (unpaired) electrons.